The van der Waals surface area contributed by atoms with Gasteiger partial charge in [0.25, 0.3) is 0 Å². The van der Waals surface area contributed by atoms with Gasteiger partial charge in [0.05, 0.1) is 5.69 Å². The van der Waals surface area contributed by atoms with Crippen LogP contribution in [-0.2, 0) is 6.42 Å². The second kappa shape index (κ2) is 4.04. The van der Waals surface area contributed by atoms with Gasteiger partial charge in [-0.05, 0) is 18.2 Å². The molecule has 0 spiro atoms. The molecule has 19 heavy (non-hydrogen) atoms. The van der Waals surface area contributed by atoms with Gasteiger partial charge in [-0.1, -0.05) is 11.6 Å². The highest BCUT2D eigenvalue weighted by Gasteiger charge is 2.24. The van der Waals surface area contributed by atoms with Crippen molar-refractivity contribution in [3.8, 4) is 17.7 Å². The van der Waals surface area contributed by atoms with E-state index in [-0.39, 0.29) is 11.4 Å². The molecule has 0 bridgehead atoms. The topological polar surface area (TPSA) is 98.0 Å². The number of anilines is 2. The van der Waals surface area contributed by atoms with Crippen molar-refractivity contribution in [2.24, 2.45) is 0 Å². The number of nitriles is 1. The molecule has 0 radical (unpaired) electrons. The van der Waals surface area contributed by atoms with Crippen LogP contribution in [0, 0.1) is 11.3 Å². The molecule has 94 valence electrons. The number of ether oxygens (including phenoxy) is 1. The van der Waals surface area contributed by atoms with Crippen molar-refractivity contribution in [3.63, 3.8) is 0 Å². The lowest BCUT2D eigenvalue weighted by Crippen LogP contribution is -2.11. The Bertz CT molecular complexity index is 736. The fourth-order valence-electron chi connectivity index (χ4n) is 2.09. The van der Waals surface area contributed by atoms with E-state index in [1.807, 2.05) is 12.1 Å². The zero-order chi connectivity index (χ0) is 13.6. The predicted molar refractivity (Wildman–Crippen MR) is 72.1 cm³/mol. The molecule has 0 aliphatic carbocycles. The molecule has 1 aromatic carbocycles. The fraction of sp³-hybridized carbons (Fsp3) is 0.0769. The summed E-state index contributed by atoms with van der Waals surface area (Å²) in [7, 11) is 0. The Kier molecular flexibility index (Phi) is 2.47. The number of halogens is 1. The van der Waals surface area contributed by atoms with Gasteiger partial charge in [-0.2, -0.15) is 10.2 Å². The molecule has 5 nitrogen and oxygen atoms in total. The van der Waals surface area contributed by atoms with Gasteiger partial charge in [0.15, 0.2) is 0 Å². The molecule has 1 aliphatic heterocycles. The molecule has 0 atom stereocenters. The van der Waals surface area contributed by atoms with Crippen LogP contribution >= 0.6 is 11.6 Å². The van der Waals surface area contributed by atoms with Crippen molar-refractivity contribution >= 4 is 23.1 Å². The van der Waals surface area contributed by atoms with E-state index in [0.717, 1.165) is 5.56 Å². The molecular formula is C13H9ClN4O. The summed E-state index contributed by atoms with van der Waals surface area (Å²) < 4.78 is 5.65. The largest absolute Gasteiger partial charge is 0.438 e. The van der Waals surface area contributed by atoms with Crippen molar-refractivity contribution in [2.75, 3.05) is 11.5 Å². The minimum absolute atomic E-state index is 0.0798. The van der Waals surface area contributed by atoms with Crippen LogP contribution in [0.5, 0.6) is 11.6 Å². The van der Waals surface area contributed by atoms with Gasteiger partial charge in [-0.25, -0.2) is 0 Å². The lowest BCUT2D eigenvalue weighted by atomic mass is 9.99. The number of rotatable bonds is 0. The Morgan fingerprint density at radius 1 is 1.37 bits per heavy atom. The number of pyridine rings is 1. The molecule has 1 aliphatic rings. The van der Waals surface area contributed by atoms with E-state index in [1.165, 1.54) is 0 Å². The first-order valence-electron chi connectivity index (χ1n) is 5.54. The summed E-state index contributed by atoms with van der Waals surface area (Å²) in [5, 5.41) is 9.65. The predicted octanol–water partition coefficient (Wildman–Crippen LogP) is 2.47. The van der Waals surface area contributed by atoms with Crippen LogP contribution in [-0.4, -0.2) is 4.98 Å². The Balaban J connectivity index is 2.18. The molecular weight excluding hydrogens is 264 g/mol. The van der Waals surface area contributed by atoms with Crippen LogP contribution in [0.25, 0.3) is 0 Å². The van der Waals surface area contributed by atoms with Crippen LogP contribution in [0.3, 0.4) is 0 Å². The number of nitrogen functional groups attached to an aromatic ring is 2. The second-order valence-electron chi connectivity index (χ2n) is 4.21. The normalized spacial score (nSPS) is 12.0. The number of nitrogens with zero attached hydrogens (tertiary/aromatic N) is 2. The summed E-state index contributed by atoms with van der Waals surface area (Å²) in [5.41, 5.74) is 13.7. The highest BCUT2D eigenvalue weighted by molar-refractivity contribution is 6.30. The smallest absolute Gasteiger partial charge is 0.226 e. The molecule has 4 N–H and O–H groups in total. The summed E-state index contributed by atoms with van der Waals surface area (Å²) in [4.78, 5) is 4.09. The van der Waals surface area contributed by atoms with Crippen LogP contribution in [0.15, 0.2) is 18.2 Å². The van der Waals surface area contributed by atoms with Crippen molar-refractivity contribution in [1.29, 1.82) is 5.26 Å². The molecule has 6 heteroatoms. The molecule has 0 fully saturated rings. The minimum Gasteiger partial charge on any atom is -0.438 e. The first kappa shape index (κ1) is 11.6. The van der Waals surface area contributed by atoms with Crippen molar-refractivity contribution in [2.45, 2.75) is 6.42 Å². The SMILES string of the molecule is N#Cc1c(N)nc2c(c1N)Cc1cc(Cl)ccc1O2. The maximum Gasteiger partial charge on any atom is 0.226 e. The molecule has 0 unspecified atom stereocenters. The lowest BCUT2D eigenvalue weighted by molar-refractivity contribution is 0.442. The Morgan fingerprint density at radius 2 is 2.16 bits per heavy atom. The maximum atomic E-state index is 9.03. The number of nitrogens with two attached hydrogens (primary N) is 2. The van der Waals surface area contributed by atoms with Crippen LogP contribution < -0.4 is 16.2 Å². The standard InChI is InChI=1S/C13H9ClN4O/c14-7-1-2-10-6(3-7)4-8-11(16)9(5-15)12(17)18-13(8)19-10/h1-3H,4H2,(H4,16,17,18). The van der Waals surface area contributed by atoms with Crippen LogP contribution in [0.4, 0.5) is 11.5 Å². The van der Waals surface area contributed by atoms with Crippen molar-refractivity contribution < 1.29 is 4.74 Å². The van der Waals surface area contributed by atoms with E-state index < -0.39 is 0 Å². The third-order valence-electron chi connectivity index (χ3n) is 3.04. The maximum absolute atomic E-state index is 9.03. The van der Waals surface area contributed by atoms with E-state index in [9.17, 15) is 0 Å². The van der Waals surface area contributed by atoms with Gasteiger partial charge < -0.3 is 16.2 Å². The Labute approximate surface area is 114 Å². The monoisotopic (exact) mass is 272 g/mol. The average molecular weight is 273 g/mol. The van der Waals surface area contributed by atoms with E-state index >= 15 is 0 Å². The molecule has 0 saturated heterocycles. The summed E-state index contributed by atoms with van der Waals surface area (Å²) in [6.45, 7) is 0. The van der Waals surface area contributed by atoms with E-state index in [1.54, 1.807) is 12.1 Å². The molecule has 2 heterocycles. The van der Waals surface area contributed by atoms with Gasteiger partial charge in [0, 0.05) is 22.6 Å². The average Bonchev–Trinajstić information content (AvgIpc) is 2.38. The summed E-state index contributed by atoms with van der Waals surface area (Å²) in [6, 6.07) is 7.27. The van der Waals surface area contributed by atoms with Gasteiger partial charge in [0.1, 0.15) is 23.2 Å². The van der Waals surface area contributed by atoms with Crippen LogP contribution in [0.1, 0.15) is 16.7 Å². The lowest BCUT2D eigenvalue weighted by Gasteiger charge is -2.21. The zero-order valence-electron chi connectivity index (χ0n) is 9.77. The molecule has 0 saturated carbocycles. The first-order valence-corrected chi connectivity index (χ1v) is 5.92. The Hall–Kier alpha value is -2.45. The Morgan fingerprint density at radius 3 is 2.89 bits per heavy atom. The highest BCUT2D eigenvalue weighted by Crippen LogP contribution is 2.40. The third kappa shape index (κ3) is 1.74. The number of aromatic nitrogens is 1. The van der Waals surface area contributed by atoms with Gasteiger partial charge >= 0.3 is 0 Å². The van der Waals surface area contributed by atoms with Crippen molar-refractivity contribution in [3.05, 3.63) is 39.9 Å². The van der Waals surface area contributed by atoms with Crippen LogP contribution in [0.2, 0.25) is 5.02 Å². The molecule has 0 amide bonds. The summed E-state index contributed by atoms with van der Waals surface area (Å²) >= 11 is 5.95. The van der Waals surface area contributed by atoms with Gasteiger partial charge in [0.2, 0.25) is 5.88 Å². The fourth-order valence-corrected chi connectivity index (χ4v) is 2.28. The molecule has 1 aromatic heterocycles. The molecule has 2 aromatic rings. The first-order chi connectivity index (χ1) is 9.10. The minimum atomic E-state index is 0.0798. The number of hydrogen-bond donors (Lipinski definition) is 2. The van der Waals surface area contributed by atoms with E-state index in [2.05, 4.69) is 4.98 Å². The number of benzene rings is 1. The summed E-state index contributed by atoms with van der Waals surface area (Å²) in [5.74, 6) is 1.10. The van der Waals surface area contributed by atoms with E-state index in [4.69, 9.17) is 33.1 Å². The van der Waals surface area contributed by atoms with Gasteiger partial charge in [-0.15, -0.1) is 0 Å². The second-order valence-corrected chi connectivity index (χ2v) is 4.65. The number of hydrogen-bond acceptors (Lipinski definition) is 5. The van der Waals surface area contributed by atoms with E-state index in [0.29, 0.717) is 34.3 Å². The number of fused-ring (bicyclic) bond motifs is 2. The third-order valence-corrected chi connectivity index (χ3v) is 3.27. The quantitative estimate of drug-likeness (QED) is 0.655. The highest BCUT2D eigenvalue weighted by atomic mass is 35.5. The van der Waals surface area contributed by atoms with Gasteiger partial charge in [-0.3, -0.25) is 0 Å². The van der Waals surface area contributed by atoms with Crippen molar-refractivity contribution in [1.82, 2.24) is 4.98 Å². The zero-order valence-corrected chi connectivity index (χ0v) is 10.5. The molecule has 3 rings (SSSR count). The summed E-state index contributed by atoms with van der Waals surface area (Å²) in [6.07, 6.45) is 0.513.